The van der Waals surface area contributed by atoms with Crippen LogP contribution in [0.2, 0.25) is 32.7 Å². The molecule has 2 unspecified atom stereocenters. The fourth-order valence-electron chi connectivity index (χ4n) is 0.838. The molecule has 0 N–H and O–H groups in total. The van der Waals surface area contributed by atoms with Crippen LogP contribution in [0.1, 0.15) is 0 Å². The first-order valence-electron chi connectivity index (χ1n) is 4.63. The van der Waals surface area contributed by atoms with E-state index in [0.717, 1.165) is 0 Å². The van der Waals surface area contributed by atoms with Crippen molar-refractivity contribution < 1.29 is 21.8 Å². The van der Waals surface area contributed by atoms with E-state index in [-0.39, 0.29) is 0 Å². The Hall–Kier alpha value is 0.774. The molecule has 0 spiro atoms. The molecule has 0 rings (SSSR count). The average molecular weight is 290 g/mol. The molecule has 92 valence electrons. The van der Waals surface area contributed by atoms with E-state index < -0.39 is 33.2 Å². The molecule has 0 aromatic carbocycles. The lowest BCUT2D eigenvalue weighted by atomic mass is 11.8. The van der Waals surface area contributed by atoms with E-state index in [4.69, 9.17) is 12.6 Å². The Balaban J connectivity index is 4.22. The Bertz CT molecular complexity index is 263. The zero-order chi connectivity index (χ0) is 12.3. The summed E-state index contributed by atoms with van der Waals surface area (Å²) >= 11 is 0. The van der Waals surface area contributed by atoms with Crippen molar-refractivity contribution in [1.29, 1.82) is 0 Å². The summed E-state index contributed by atoms with van der Waals surface area (Å²) in [6, 6.07) is 0. The molecule has 0 radical (unpaired) electrons. The summed E-state index contributed by atoms with van der Waals surface area (Å²) in [5.41, 5.74) is 0. The summed E-state index contributed by atoms with van der Waals surface area (Å²) in [5.74, 6) is 0. The van der Waals surface area contributed by atoms with Gasteiger partial charge in [0.1, 0.15) is 0 Å². The van der Waals surface area contributed by atoms with Crippen molar-refractivity contribution in [1.82, 2.24) is 0 Å². The van der Waals surface area contributed by atoms with Crippen LogP contribution in [0, 0.1) is 0 Å². The highest BCUT2D eigenvalue weighted by atomic mass is 31.1. The van der Waals surface area contributed by atoms with Crippen LogP contribution in [0.4, 0.5) is 0 Å². The predicted molar refractivity (Wildman–Crippen MR) is 68.0 cm³/mol. The average Bonchev–Trinajstić information content (AvgIpc) is 1.73. The van der Waals surface area contributed by atoms with E-state index in [1.807, 2.05) is 19.6 Å². The van der Waals surface area contributed by atoms with Gasteiger partial charge in [-0.05, 0) is 32.7 Å². The van der Waals surface area contributed by atoms with Crippen molar-refractivity contribution in [3.8, 4) is 0 Å². The summed E-state index contributed by atoms with van der Waals surface area (Å²) in [6.07, 6.45) is 0. The van der Waals surface area contributed by atoms with Gasteiger partial charge in [-0.25, -0.2) is 0 Å². The van der Waals surface area contributed by atoms with Gasteiger partial charge in [-0.1, -0.05) is 0 Å². The molecule has 15 heavy (non-hydrogen) atoms. The summed E-state index contributed by atoms with van der Waals surface area (Å²) < 4.78 is 38.1. The zero-order valence-corrected chi connectivity index (χ0v) is 14.0. The van der Waals surface area contributed by atoms with Crippen LogP contribution in [0.3, 0.4) is 0 Å². The van der Waals surface area contributed by atoms with Crippen LogP contribution in [0.5, 0.6) is 0 Å². The SMILES string of the molecule is C[PH](=O)O[Si](C)(C)O[PH](=O)O[Si](C)(C)C. The minimum atomic E-state index is -2.57. The highest BCUT2D eigenvalue weighted by Crippen LogP contribution is 2.36. The first kappa shape index (κ1) is 15.8. The highest BCUT2D eigenvalue weighted by Gasteiger charge is 2.31. The quantitative estimate of drug-likeness (QED) is 0.555. The molecule has 0 aliphatic carbocycles. The van der Waals surface area contributed by atoms with Gasteiger partial charge >= 0.3 is 16.8 Å². The second-order valence-corrected chi connectivity index (χ2v) is 15.5. The maximum atomic E-state index is 11.5. The monoisotopic (exact) mass is 290 g/mol. The van der Waals surface area contributed by atoms with Crippen LogP contribution >= 0.6 is 16.3 Å². The van der Waals surface area contributed by atoms with E-state index in [1.165, 1.54) is 6.66 Å². The lowest BCUT2D eigenvalue weighted by Gasteiger charge is -2.23. The Labute approximate surface area is 94.7 Å². The normalized spacial score (nSPS) is 17.5. The van der Waals surface area contributed by atoms with E-state index in [2.05, 4.69) is 0 Å². The third kappa shape index (κ3) is 9.69. The molecule has 0 saturated heterocycles. The maximum absolute atomic E-state index is 11.5. The molecular weight excluding hydrogens is 270 g/mol. The maximum Gasteiger partial charge on any atom is 0.345 e. The second kappa shape index (κ2) is 5.91. The third-order valence-electron chi connectivity index (χ3n) is 1.11. The van der Waals surface area contributed by atoms with Gasteiger partial charge in [-0.15, -0.1) is 0 Å². The molecule has 9 heteroatoms. The van der Waals surface area contributed by atoms with E-state index in [0.29, 0.717) is 0 Å². The fourth-order valence-corrected chi connectivity index (χ4v) is 8.30. The van der Waals surface area contributed by atoms with Crippen molar-refractivity contribution >= 4 is 33.2 Å². The van der Waals surface area contributed by atoms with Gasteiger partial charge < -0.3 is 12.6 Å². The van der Waals surface area contributed by atoms with Crippen LogP contribution in [0.15, 0.2) is 0 Å². The molecule has 0 fully saturated rings. The van der Waals surface area contributed by atoms with Gasteiger partial charge in [0.05, 0.1) is 0 Å². The number of hydrogen-bond acceptors (Lipinski definition) is 5. The molecule has 0 bridgehead atoms. The molecule has 5 nitrogen and oxygen atoms in total. The number of rotatable bonds is 6. The Kier molecular flexibility index (Phi) is 6.22. The van der Waals surface area contributed by atoms with Gasteiger partial charge in [0.15, 0.2) is 16.3 Å². The van der Waals surface area contributed by atoms with Gasteiger partial charge in [0.2, 0.25) is 0 Å². The molecule has 0 aromatic heterocycles. The molecule has 0 saturated carbocycles. The number of hydrogen-bond donors (Lipinski definition) is 0. The second-order valence-electron chi connectivity index (χ2n) is 4.56. The van der Waals surface area contributed by atoms with Crippen molar-refractivity contribution in [2.24, 2.45) is 0 Å². The van der Waals surface area contributed by atoms with Gasteiger partial charge in [-0.3, -0.25) is 9.13 Å². The zero-order valence-electron chi connectivity index (χ0n) is 10.0. The Morgan fingerprint density at radius 2 is 1.33 bits per heavy atom. The third-order valence-corrected chi connectivity index (χ3v) is 9.97. The molecule has 0 aliphatic rings. The van der Waals surface area contributed by atoms with E-state index in [9.17, 15) is 9.13 Å². The molecule has 0 heterocycles. The summed E-state index contributed by atoms with van der Waals surface area (Å²) in [4.78, 5) is 0. The minimum Gasteiger partial charge on any atom is -0.354 e. The molecule has 0 aromatic rings. The van der Waals surface area contributed by atoms with Crippen molar-refractivity contribution in [3.05, 3.63) is 0 Å². The van der Waals surface area contributed by atoms with Crippen molar-refractivity contribution in [3.63, 3.8) is 0 Å². The molecule has 2 atom stereocenters. The first-order valence-corrected chi connectivity index (χ1v) is 13.9. The molecule has 0 aliphatic heterocycles. The van der Waals surface area contributed by atoms with Crippen LogP contribution in [-0.2, 0) is 21.8 Å². The van der Waals surface area contributed by atoms with Crippen molar-refractivity contribution in [2.75, 3.05) is 6.66 Å². The fraction of sp³-hybridized carbons (Fsp3) is 1.00. The van der Waals surface area contributed by atoms with Crippen molar-refractivity contribution in [2.45, 2.75) is 32.7 Å². The highest BCUT2D eigenvalue weighted by molar-refractivity contribution is 7.41. The van der Waals surface area contributed by atoms with Crippen LogP contribution in [0.25, 0.3) is 0 Å². The summed E-state index contributed by atoms with van der Waals surface area (Å²) in [6.45, 7) is 10.7. The van der Waals surface area contributed by atoms with Gasteiger partial charge in [0, 0.05) is 6.66 Å². The topological polar surface area (TPSA) is 61.8 Å². The van der Waals surface area contributed by atoms with Crippen LogP contribution in [-0.4, -0.2) is 23.5 Å². The first-order chi connectivity index (χ1) is 6.52. The summed E-state index contributed by atoms with van der Waals surface area (Å²) in [7, 11) is -9.01. The standard InChI is InChI=1S/C6H20O5P2Si2/c1-12(7)9-15(5,6)11-13(8)10-14(2,3)4/h12-13H,1-6H3. The molecular formula is C6H20O5P2Si2. The Morgan fingerprint density at radius 1 is 0.867 bits per heavy atom. The van der Waals surface area contributed by atoms with E-state index in [1.54, 1.807) is 13.1 Å². The van der Waals surface area contributed by atoms with E-state index >= 15 is 0 Å². The predicted octanol–water partition coefficient (Wildman–Crippen LogP) is 3.07. The Morgan fingerprint density at radius 3 is 1.67 bits per heavy atom. The smallest absolute Gasteiger partial charge is 0.345 e. The lowest BCUT2D eigenvalue weighted by molar-refractivity contribution is 0.362. The largest absolute Gasteiger partial charge is 0.354 e. The minimum absolute atomic E-state index is 1.49. The van der Waals surface area contributed by atoms with Gasteiger partial charge in [-0.2, -0.15) is 0 Å². The molecule has 0 amide bonds. The summed E-state index contributed by atoms with van der Waals surface area (Å²) in [5, 5.41) is 0. The van der Waals surface area contributed by atoms with Crippen LogP contribution < -0.4 is 0 Å². The lowest BCUT2D eigenvalue weighted by Crippen LogP contribution is -2.31. The van der Waals surface area contributed by atoms with Gasteiger partial charge in [0.25, 0.3) is 0 Å².